The van der Waals surface area contributed by atoms with Crippen LogP contribution in [0.3, 0.4) is 0 Å². The van der Waals surface area contributed by atoms with Crippen LogP contribution in [0.1, 0.15) is 45.4 Å². The highest BCUT2D eigenvalue weighted by Gasteiger charge is 2.33. The third-order valence-corrected chi connectivity index (χ3v) is 5.57. The van der Waals surface area contributed by atoms with Gasteiger partial charge in [0.05, 0.1) is 6.54 Å². The van der Waals surface area contributed by atoms with Crippen LogP contribution >= 0.6 is 0 Å². The van der Waals surface area contributed by atoms with E-state index in [1.807, 2.05) is 0 Å². The van der Waals surface area contributed by atoms with Crippen molar-refractivity contribution >= 4 is 5.91 Å². The molecule has 1 amide bonds. The zero-order valence-electron chi connectivity index (χ0n) is 13.9. The number of nitrogens with zero attached hydrogens (tertiary/aromatic N) is 2. The first-order chi connectivity index (χ1) is 10.6. The van der Waals surface area contributed by atoms with Gasteiger partial charge >= 0.3 is 0 Å². The largest absolute Gasteiger partial charge is 0.396 e. The molecule has 5 nitrogen and oxygen atoms in total. The number of carbonyl (C=O) groups is 1. The third-order valence-electron chi connectivity index (χ3n) is 5.57. The Hall–Kier alpha value is -0.650. The Balaban J connectivity index is 1.39. The van der Waals surface area contributed by atoms with Crippen molar-refractivity contribution in [2.75, 3.05) is 39.3 Å². The van der Waals surface area contributed by atoms with E-state index < -0.39 is 0 Å². The molecule has 1 unspecified atom stereocenters. The number of likely N-dealkylation sites (tertiary alicyclic amines) is 2. The monoisotopic (exact) mass is 309 g/mol. The number of piperidine rings is 2. The molecule has 3 fully saturated rings. The van der Waals surface area contributed by atoms with Crippen molar-refractivity contribution in [3.05, 3.63) is 0 Å². The zero-order chi connectivity index (χ0) is 15.6. The zero-order valence-corrected chi connectivity index (χ0v) is 13.9. The van der Waals surface area contributed by atoms with E-state index in [2.05, 4.69) is 22.0 Å². The molecule has 0 radical (unpaired) electrons. The summed E-state index contributed by atoms with van der Waals surface area (Å²) in [6.45, 7) is 6.90. The summed E-state index contributed by atoms with van der Waals surface area (Å²) in [6, 6.07) is 1.21. The van der Waals surface area contributed by atoms with Gasteiger partial charge in [0.15, 0.2) is 0 Å². The first-order valence-electron chi connectivity index (χ1n) is 8.95. The van der Waals surface area contributed by atoms with Crippen LogP contribution in [0.2, 0.25) is 0 Å². The Morgan fingerprint density at radius 3 is 2.59 bits per heavy atom. The fourth-order valence-corrected chi connectivity index (χ4v) is 4.02. The minimum Gasteiger partial charge on any atom is -0.396 e. The second-order valence-corrected chi connectivity index (χ2v) is 7.89. The minimum atomic E-state index is -0.0336. The number of amides is 1. The number of carbonyl (C=O) groups excluding carboxylic acids is 1. The van der Waals surface area contributed by atoms with Crippen molar-refractivity contribution in [1.29, 1.82) is 0 Å². The van der Waals surface area contributed by atoms with Crippen molar-refractivity contribution < 1.29 is 9.90 Å². The maximum atomic E-state index is 12.3. The van der Waals surface area contributed by atoms with Crippen molar-refractivity contribution in [3.8, 4) is 0 Å². The maximum absolute atomic E-state index is 12.3. The molecule has 2 saturated heterocycles. The van der Waals surface area contributed by atoms with E-state index in [1.165, 1.54) is 12.8 Å². The van der Waals surface area contributed by atoms with Crippen molar-refractivity contribution in [1.82, 2.24) is 15.1 Å². The third kappa shape index (κ3) is 4.21. The fraction of sp³-hybridized carbons (Fsp3) is 0.941. The number of rotatable bonds is 5. The van der Waals surface area contributed by atoms with Crippen LogP contribution in [0.15, 0.2) is 0 Å². The minimum absolute atomic E-state index is 0.0336. The van der Waals surface area contributed by atoms with Crippen LogP contribution < -0.4 is 5.32 Å². The van der Waals surface area contributed by atoms with Crippen LogP contribution in [-0.2, 0) is 4.79 Å². The molecule has 0 spiro atoms. The second-order valence-electron chi connectivity index (χ2n) is 7.89. The number of hydrogen-bond acceptors (Lipinski definition) is 4. The van der Waals surface area contributed by atoms with Gasteiger partial charge in [-0.05, 0) is 45.1 Å². The van der Waals surface area contributed by atoms with Gasteiger partial charge in [0, 0.05) is 43.7 Å². The van der Waals surface area contributed by atoms with Gasteiger partial charge in [-0.3, -0.25) is 9.69 Å². The molecule has 1 saturated carbocycles. The normalized spacial score (nSPS) is 32.1. The smallest absolute Gasteiger partial charge is 0.234 e. The van der Waals surface area contributed by atoms with Crippen molar-refractivity contribution in [2.24, 2.45) is 5.41 Å². The van der Waals surface area contributed by atoms with Crippen LogP contribution in [0.5, 0.6) is 0 Å². The summed E-state index contributed by atoms with van der Waals surface area (Å²) in [4.78, 5) is 17.1. The van der Waals surface area contributed by atoms with Gasteiger partial charge in [-0.1, -0.05) is 6.92 Å². The molecule has 0 aromatic heterocycles. The Morgan fingerprint density at radius 2 is 1.95 bits per heavy atom. The molecular weight excluding hydrogens is 278 g/mol. The van der Waals surface area contributed by atoms with E-state index in [0.717, 1.165) is 57.9 Å². The van der Waals surface area contributed by atoms with Crippen LogP contribution in [0, 0.1) is 5.41 Å². The Bertz CT molecular complexity index is 391. The molecule has 126 valence electrons. The highest BCUT2D eigenvalue weighted by molar-refractivity contribution is 5.78. The Morgan fingerprint density at radius 1 is 1.23 bits per heavy atom. The SMILES string of the molecule is CC1(CO)CCCN(CC(=O)NC2CCN(C3CC3)CC2)C1. The van der Waals surface area contributed by atoms with Crippen LogP contribution in [0.25, 0.3) is 0 Å². The predicted octanol–water partition coefficient (Wildman–Crippen LogP) is 0.824. The highest BCUT2D eigenvalue weighted by atomic mass is 16.3. The van der Waals surface area contributed by atoms with Gasteiger partial charge < -0.3 is 15.3 Å². The van der Waals surface area contributed by atoms with Crippen LogP contribution in [0.4, 0.5) is 0 Å². The van der Waals surface area contributed by atoms with E-state index >= 15 is 0 Å². The number of hydrogen-bond donors (Lipinski definition) is 2. The molecule has 2 N–H and O–H groups in total. The molecule has 22 heavy (non-hydrogen) atoms. The number of aliphatic hydroxyl groups excluding tert-OH is 1. The molecule has 0 aromatic rings. The standard InChI is InChI=1S/C17H31N3O2/c1-17(13-21)7-2-8-19(12-17)11-16(22)18-14-5-9-20(10-6-14)15-3-4-15/h14-15,21H,2-13H2,1H3,(H,18,22). The lowest BCUT2D eigenvalue weighted by Gasteiger charge is -2.39. The van der Waals surface area contributed by atoms with E-state index in [1.54, 1.807) is 0 Å². The van der Waals surface area contributed by atoms with Gasteiger partial charge in [-0.15, -0.1) is 0 Å². The molecule has 1 aliphatic carbocycles. The summed E-state index contributed by atoms with van der Waals surface area (Å²) in [5.41, 5.74) is -0.0336. The Labute approximate surface area is 134 Å². The molecule has 3 aliphatic rings. The molecule has 0 bridgehead atoms. The average Bonchev–Trinajstić information content (AvgIpc) is 3.33. The second kappa shape index (κ2) is 6.85. The lowest BCUT2D eigenvalue weighted by atomic mass is 9.83. The lowest BCUT2D eigenvalue weighted by molar-refractivity contribution is -0.124. The first kappa shape index (κ1) is 16.2. The quantitative estimate of drug-likeness (QED) is 0.790. The summed E-state index contributed by atoms with van der Waals surface area (Å²) in [7, 11) is 0. The topological polar surface area (TPSA) is 55.8 Å². The summed E-state index contributed by atoms with van der Waals surface area (Å²) in [5.74, 6) is 0.159. The summed E-state index contributed by atoms with van der Waals surface area (Å²) in [6.07, 6.45) is 7.06. The number of aliphatic hydroxyl groups is 1. The molecule has 2 aliphatic heterocycles. The molecule has 5 heteroatoms. The summed E-state index contributed by atoms with van der Waals surface area (Å²) in [5, 5.41) is 12.7. The maximum Gasteiger partial charge on any atom is 0.234 e. The van der Waals surface area contributed by atoms with Crippen molar-refractivity contribution in [3.63, 3.8) is 0 Å². The van der Waals surface area contributed by atoms with Gasteiger partial charge in [-0.25, -0.2) is 0 Å². The van der Waals surface area contributed by atoms with E-state index in [0.29, 0.717) is 12.6 Å². The van der Waals surface area contributed by atoms with Gasteiger partial charge in [-0.2, -0.15) is 0 Å². The van der Waals surface area contributed by atoms with Crippen molar-refractivity contribution in [2.45, 2.75) is 57.5 Å². The fourth-order valence-electron chi connectivity index (χ4n) is 4.02. The van der Waals surface area contributed by atoms with Gasteiger partial charge in [0.25, 0.3) is 0 Å². The molecule has 2 heterocycles. The summed E-state index contributed by atoms with van der Waals surface area (Å²) < 4.78 is 0. The molecule has 0 aromatic carbocycles. The van der Waals surface area contributed by atoms with E-state index in [-0.39, 0.29) is 17.9 Å². The van der Waals surface area contributed by atoms with E-state index in [4.69, 9.17) is 0 Å². The Kier molecular flexibility index (Phi) is 5.05. The summed E-state index contributed by atoms with van der Waals surface area (Å²) >= 11 is 0. The first-order valence-corrected chi connectivity index (χ1v) is 8.95. The predicted molar refractivity (Wildman–Crippen MR) is 86.6 cm³/mol. The number of nitrogens with one attached hydrogen (secondary N) is 1. The molecular formula is C17H31N3O2. The molecule has 1 atom stereocenters. The average molecular weight is 309 g/mol. The molecule has 3 rings (SSSR count). The van der Waals surface area contributed by atoms with Gasteiger partial charge in [0.1, 0.15) is 0 Å². The van der Waals surface area contributed by atoms with E-state index in [9.17, 15) is 9.90 Å². The lowest BCUT2D eigenvalue weighted by Crippen LogP contribution is -2.50. The van der Waals surface area contributed by atoms with Crippen LogP contribution in [-0.4, -0.2) is 72.2 Å². The highest BCUT2D eigenvalue weighted by Crippen LogP contribution is 2.30. The van der Waals surface area contributed by atoms with Gasteiger partial charge in [0.2, 0.25) is 5.91 Å².